The predicted octanol–water partition coefficient (Wildman–Crippen LogP) is 0.905. The fraction of sp³-hybridized carbons (Fsp3) is 0.300. The molecule has 1 N–H and O–H groups in total. The number of aryl methyl sites for hydroxylation is 1. The van der Waals surface area contributed by atoms with Crippen molar-refractivity contribution in [2.24, 2.45) is 7.05 Å². The minimum atomic E-state index is -0.384. The molecule has 64 valence electrons. The minimum absolute atomic E-state index is 0.384. The van der Waals surface area contributed by atoms with E-state index in [0.29, 0.717) is 0 Å². The summed E-state index contributed by atoms with van der Waals surface area (Å²) in [5.41, 5.74) is 1.08. The molecule has 12 heavy (non-hydrogen) atoms. The molecule has 0 unspecified atom stereocenters. The van der Waals surface area contributed by atoms with Crippen LogP contribution >= 0.6 is 0 Å². The molecule has 0 aromatic carbocycles. The molecule has 0 spiro atoms. The molecule has 0 radical (unpaired) electrons. The SMILES string of the molecule is C[C@H](O)C=Cc1cccc[n+]1C. The van der Waals surface area contributed by atoms with E-state index in [9.17, 15) is 0 Å². The fourth-order valence-electron chi connectivity index (χ4n) is 0.948. The van der Waals surface area contributed by atoms with E-state index in [1.54, 1.807) is 13.0 Å². The van der Waals surface area contributed by atoms with E-state index < -0.39 is 0 Å². The van der Waals surface area contributed by atoms with Crippen LogP contribution in [0.15, 0.2) is 30.5 Å². The number of aliphatic hydroxyl groups is 1. The van der Waals surface area contributed by atoms with Crippen molar-refractivity contribution in [3.05, 3.63) is 36.2 Å². The molecule has 2 nitrogen and oxygen atoms in total. The molecule has 1 aromatic heterocycles. The number of aliphatic hydroxyl groups excluding tert-OH is 1. The molecule has 1 atom stereocenters. The smallest absolute Gasteiger partial charge is 0.204 e. The van der Waals surface area contributed by atoms with Gasteiger partial charge >= 0.3 is 0 Å². The second kappa shape index (κ2) is 4.02. The lowest BCUT2D eigenvalue weighted by Crippen LogP contribution is -2.30. The topological polar surface area (TPSA) is 24.1 Å². The Hall–Kier alpha value is -1.15. The van der Waals surface area contributed by atoms with Gasteiger partial charge in [0.25, 0.3) is 0 Å². The van der Waals surface area contributed by atoms with Crippen molar-refractivity contribution in [1.82, 2.24) is 0 Å². The van der Waals surface area contributed by atoms with Crippen LogP contribution in [0, 0.1) is 0 Å². The van der Waals surface area contributed by atoms with Crippen molar-refractivity contribution in [2.45, 2.75) is 13.0 Å². The van der Waals surface area contributed by atoms with Gasteiger partial charge in [-0.2, -0.15) is 0 Å². The standard InChI is InChI=1S/C10H14NO/c1-9(12)6-7-10-5-3-4-8-11(10)2/h3-9,12H,1-2H3/q+1/t9-/m0/s1. The summed E-state index contributed by atoms with van der Waals surface area (Å²) in [4.78, 5) is 0. The fourth-order valence-corrected chi connectivity index (χ4v) is 0.948. The van der Waals surface area contributed by atoms with Crippen molar-refractivity contribution < 1.29 is 9.67 Å². The van der Waals surface area contributed by atoms with Crippen molar-refractivity contribution in [1.29, 1.82) is 0 Å². The molecule has 0 saturated carbocycles. The second-order valence-electron chi connectivity index (χ2n) is 2.84. The lowest BCUT2D eigenvalue weighted by Gasteiger charge is -1.94. The third-order valence-corrected chi connectivity index (χ3v) is 1.64. The molecule has 0 bridgehead atoms. The number of aromatic nitrogens is 1. The molecule has 0 aliphatic carbocycles. The predicted molar refractivity (Wildman–Crippen MR) is 48.3 cm³/mol. The van der Waals surface area contributed by atoms with Gasteiger partial charge in [-0.25, -0.2) is 4.57 Å². The first kappa shape index (κ1) is 8.94. The van der Waals surface area contributed by atoms with E-state index in [1.807, 2.05) is 42.1 Å². The van der Waals surface area contributed by atoms with Crippen molar-refractivity contribution in [2.75, 3.05) is 0 Å². The summed E-state index contributed by atoms with van der Waals surface area (Å²) >= 11 is 0. The summed E-state index contributed by atoms with van der Waals surface area (Å²) in [5, 5.41) is 9.01. The Morgan fingerprint density at radius 1 is 1.50 bits per heavy atom. The summed E-state index contributed by atoms with van der Waals surface area (Å²) in [6.07, 6.45) is 5.26. The Kier molecular flexibility index (Phi) is 3.00. The zero-order valence-electron chi connectivity index (χ0n) is 7.44. The monoisotopic (exact) mass is 164 g/mol. The Morgan fingerprint density at radius 3 is 2.83 bits per heavy atom. The molecule has 0 aliphatic heterocycles. The third-order valence-electron chi connectivity index (χ3n) is 1.64. The van der Waals surface area contributed by atoms with Crippen LogP contribution in [0.25, 0.3) is 6.08 Å². The molecular weight excluding hydrogens is 150 g/mol. The Bertz CT molecular complexity index is 279. The first-order chi connectivity index (χ1) is 5.70. The number of hydrogen-bond acceptors (Lipinski definition) is 1. The Morgan fingerprint density at radius 2 is 2.25 bits per heavy atom. The zero-order valence-corrected chi connectivity index (χ0v) is 7.44. The summed E-state index contributed by atoms with van der Waals surface area (Å²) in [7, 11) is 1.97. The van der Waals surface area contributed by atoms with E-state index in [4.69, 9.17) is 5.11 Å². The average molecular weight is 164 g/mol. The minimum Gasteiger partial charge on any atom is -0.389 e. The molecule has 1 aromatic rings. The highest BCUT2D eigenvalue weighted by atomic mass is 16.3. The lowest BCUT2D eigenvalue weighted by atomic mass is 10.3. The Labute approximate surface area is 72.8 Å². The molecule has 0 fully saturated rings. The molecule has 0 saturated heterocycles. The van der Waals surface area contributed by atoms with Crippen LogP contribution < -0.4 is 4.57 Å². The van der Waals surface area contributed by atoms with Gasteiger partial charge < -0.3 is 5.11 Å². The maximum Gasteiger partial charge on any atom is 0.204 e. The van der Waals surface area contributed by atoms with Gasteiger partial charge in [-0.15, -0.1) is 0 Å². The van der Waals surface area contributed by atoms with Crippen LogP contribution in [0.4, 0.5) is 0 Å². The first-order valence-corrected chi connectivity index (χ1v) is 4.01. The molecule has 0 aliphatic rings. The van der Waals surface area contributed by atoms with Gasteiger partial charge in [0.2, 0.25) is 5.69 Å². The van der Waals surface area contributed by atoms with Gasteiger partial charge in [0, 0.05) is 18.2 Å². The number of nitrogens with zero attached hydrogens (tertiary/aromatic N) is 1. The second-order valence-corrected chi connectivity index (χ2v) is 2.84. The Balaban J connectivity index is 2.82. The van der Waals surface area contributed by atoms with Crippen LogP contribution in [0.1, 0.15) is 12.6 Å². The molecule has 1 rings (SSSR count). The van der Waals surface area contributed by atoms with Crippen LogP contribution in [0.2, 0.25) is 0 Å². The number of rotatable bonds is 2. The van der Waals surface area contributed by atoms with Crippen molar-refractivity contribution >= 4 is 6.08 Å². The van der Waals surface area contributed by atoms with E-state index in [0.717, 1.165) is 5.69 Å². The van der Waals surface area contributed by atoms with Crippen LogP contribution in [0.3, 0.4) is 0 Å². The van der Waals surface area contributed by atoms with E-state index >= 15 is 0 Å². The summed E-state index contributed by atoms with van der Waals surface area (Å²) in [6.45, 7) is 1.74. The summed E-state index contributed by atoms with van der Waals surface area (Å²) in [5.74, 6) is 0. The molecular formula is C10H14NO+. The van der Waals surface area contributed by atoms with Crippen LogP contribution in [-0.2, 0) is 7.05 Å². The van der Waals surface area contributed by atoms with E-state index in [2.05, 4.69) is 0 Å². The maximum absolute atomic E-state index is 9.01. The van der Waals surface area contributed by atoms with Gasteiger partial charge in [0.05, 0.1) is 6.10 Å². The highest BCUT2D eigenvalue weighted by Crippen LogP contribution is 1.95. The average Bonchev–Trinajstić information content (AvgIpc) is 2.03. The molecule has 0 amide bonds. The quantitative estimate of drug-likeness (QED) is 0.645. The van der Waals surface area contributed by atoms with Crippen molar-refractivity contribution in [3.8, 4) is 0 Å². The number of pyridine rings is 1. The summed E-state index contributed by atoms with van der Waals surface area (Å²) in [6, 6.07) is 5.94. The molecule has 2 heteroatoms. The highest BCUT2D eigenvalue weighted by molar-refractivity contribution is 5.41. The molecule has 1 heterocycles. The van der Waals surface area contributed by atoms with E-state index in [-0.39, 0.29) is 6.10 Å². The van der Waals surface area contributed by atoms with Gasteiger partial charge in [0.15, 0.2) is 6.20 Å². The van der Waals surface area contributed by atoms with Crippen LogP contribution in [-0.4, -0.2) is 11.2 Å². The lowest BCUT2D eigenvalue weighted by molar-refractivity contribution is -0.673. The van der Waals surface area contributed by atoms with Gasteiger partial charge in [-0.1, -0.05) is 0 Å². The number of hydrogen-bond donors (Lipinski definition) is 1. The first-order valence-electron chi connectivity index (χ1n) is 4.01. The van der Waals surface area contributed by atoms with Gasteiger partial charge in [-0.05, 0) is 19.1 Å². The highest BCUT2D eigenvalue weighted by Gasteiger charge is 1.98. The normalized spacial score (nSPS) is 13.6. The van der Waals surface area contributed by atoms with Crippen LogP contribution in [0.5, 0.6) is 0 Å². The largest absolute Gasteiger partial charge is 0.389 e. The third kappa shape index (κ3) is 2.47. The maximum atomic E-state index is 9.01. The van der Waals surface area contributed by atoms with Gasteiger partial charge in [0.1, 0.15) is 7.05 Å². The van der Waals surface area contributed by atoms with Crippen molar-refractivity contribution in [3.63, 3.8) is 0 Å². The zero-order chi connectivity index (χ0) is 8.97. The van der Waals surface area contributed by atoms with E-state index in [1.165, 1.54) is 0 Å². The van der Waals surface area contributed by atoms with Gasteiger partial charge in [-0.3, -0.25) is 0 Å². The summed E-state index contributed by atoms with van der Waals surface area (Å²) < 4.78 is 2.00.